The Labute approximate surface area is 125 Å². The third-order valence-electron chi connectivity index (χ3n) is 3.94. The van der Waals surface area contributed by atoms with Crippen molar-refractivity contribution in [2.24, 2.45) is 5.84 Å². The van der Waals surface area contributed by atoms with E-state index in [2.05, 4.69) is 44.4 Å². The van der Waals surface area contributed by atoms with Gasteiger partial charge in [-0.2, -0.15) is 0 Å². The van der Waals surface area contributed by atoms with Crippen LogP contribution in [0.4, 0.5) is 0 Å². The van der Waals surface area contributed by atoms with E-state index in [0.717, 1.165) is 6.42 Å². The Hall–Kier alpha value is -0.860. The van der Waals surface area contributed by atoms with E-state index in [4.69, 9.17) is 5.84 Å². The standard InChI is InChI=1S/C18H32N2/c1-4-5-6-7-8-9-10-11-18(20-19)17-13-15(2)12-16(3)14-17/h12-14,18,20H,4-11,19H2,1-3H3. The number of benzene rings is 1. The van der Waals surface area contributed by atoms with Crippen LogP contribution in [-0.4, -0.2) is 0 Å². The van der Waals surface area contributed by atoms with E-state index in [1.165, 1.54) is 61.6 Å². The van der Waals surface area contributed by atoms with Crippen LogP contribution >= 0.6 is 0 Å². The molecule has 0 fully saturated rings. The summed E-state index contributed by atoms with van der Waals surface area (Å²) in [5, 5.41) is 0. The van der Waals surface area contributed by atoms with E-state index in [-0.39, 0.29) is 0 Å². The number of rotatable bonds is 10. The minimum atomic E-state index is 0.296. The summed E-state index contributed by atoms with van der Waals surface area (Å²) in [5.41, 5.74) is 6.95. The van der Waals surface area contributed by atoms with Crippen molar-refractivity contribution in [2.45, 2.75) is 78.2 Å². The van der Waals surface area contributed by atoms with Gasteiger partial charge < -0.3 is 0 Å². The largest absolute Gasteiger partial charge is 0.271 e. The fraction of sp³-hybridized carbons (Fsp3) is 0.667. The molecule has 2 nitrogen and oxygen atoms in total. The molecule has 0 bridgehead atoms. The van der Waals surface area contributed by atoms with E-state index < -0.39 is 0 Å². The van der Waals surface area contributed by atoms with Crippen LogP contribution in [0.15, 0.2) is 18.2 Å². The van der Waals surface area contributed by atoms with E-state index in [9.17, 15) is 0 Å². The van der Waals surface area contributed by atoms with E-state index >= 15 is 0 Å². The number of hydrogen-bond donors (Lipinski definition) is 2. The Kier molecular flexibility index (Phi) is 8.56. The molecule has 1 unspecified atom stereocenters. The summed E-state index contributed by atoms with van der Waals surface area (Å²) in [4.78, 5) is 0. The zero-order valence-corrected chi connectivity index (χ0v) is 13.5. The number of hydrazine groups is 1. The maximum atomic E-state index is 5.74. The van der Waals surface area contributed by atoms with Crippen LogP contribution in [0.25, 0.3) is 0 Å². The number of hydrogen-bond acceptors (Lipinski definition) is 2. The molecule has 20 heavy (non-hydrogen) atoms. The summed E-state index contributed by atoms with van der Waals surface area (Å²) in [6.07, 6.45) is 10.6. The van der Waals surface area contributed by atoms with Crippen molar-refractivity contribution >= 4 is 0 Å². The first-order valence-electron chi connectivity index (χ1n) is 8.21. The van der Waals surface area contributed by atoms with Crippen LogP contribution in [0.1, 0.15) is 81.0 Å². The lowest BCUT2D eigenvalue weighted by molar-refractivity contribution is 0.475. The van der Waals surface area contributed by atoms with Gasteiger partial charge in [0.05, 0.1) is 0 Å². The molecule has 0 heterocycles. The highest BCUT2D eigenvalue weighted by atomic mass is 15.2. The quantitative estimate of drug-likeness (QED) is 0.360. The second-order valence-corrected chi connectivity index (χ2v) is 6.05. The molecule has 2 heteroatoms. The Morgan fingerprint density at radius 3 is 2.00 bits per heavy atom. The predicted octanol–water partition coefficient (Wildman–Crippen LogP) is 4.95. The minimum Gasteiger partial charge on any atom is -0.271 e. The molecule has 0 saturated carbocycles. The molecule has 3 N–H and O–H groups in total. The maximum Gasteiger partial charge on any atom is 0.0460 e. The van der Waals surface area contributed by atoms with E-state index in [1.807, 2.05) is 0 Å². The van der Waals surface area contributed by atoms with Gasteiger partial charge in [0.15, 0.2) is 0 Å². The molecular formula is C18H32N2. The molecule has 0 spiro atoms. The van der Waals surface area contributed by atoms with Crippen molar-refractivity contribution in [1.29, 1.82) is 0 Å². The first-order valence-corrected chi connectivity index (χ1v) is 8.21. The highest BCUT2D eigenvalue weighted by molar-refractivity contribution is 5.30. The lowest BCUT2D eigenvalue weighted by Crippen LogP contribution is -2.28. The molecular weight excluding hydrogens is 244 g/mol. The van der Waals surface area contributed by atoms with Gasteiger partial charge in [-0.1, -0.05) is 81.2 Å². The van der Waals surface area contributed by atoms with Crippen molar-refractivity contribution in [3.63, 3.8) is 0 Å². The highest BCUT2D eigenvalue weighted by Crippen LogP contribution is 2.22. The number of unbranched alkanes of at least 4 members (excludes halogenated alkanes) is 6. The molecule has 0 aliphatic rings. The molecule has 0 amide bonds. The lowest BCUT2D eigenvalue weighted by Gasteiger charge is -2.17. The van der Waals surface area contributed by atoms with Gasteiger partial charge in [0, 0.05) is 6.04 Å². The minimum absolute atomic E-state index is 0.296. The Balaban J connectivity index is 2.32. The molecule has 0 aliphatic carbocycles. The van der Waals surface area contributed by atoms with Gasteiger partial charge in [0.25, 0.3) is 0 Å². The Bertz CT molecular complexity index is 353. The Morgan fingerprint density at radius 1 is 0.900 bits per heavy atom. The third kappa shape index (κ3) is 6.53. The summed E-state index contributed by atoms with van der Waals surface area (Å²) < 4.78 is 0. The topological polar surface area (TPSA) is 38.0 Å². The number of aryl methyl sites for hydroxylation is 2. The predicted molar refractivity (Wildman–Crippen MR) is 88.6 cm³/mol. The van der Waals surface area contributed by atoms with E-state index in [0.29, 0.717) is 6.04 Å². The molecule has 0 saturated heterocycles. The van der Waals surface area contributed by atoms with Gasteiger partial charge in [-0.15, -0.1) is 0 Å². The van der Waals surface area contributed by atoms with Crippen LogP contribution in [0.5, 0.6) is 0 Å². The summed E-state index contributed by atoms with van der Waals surface area (Å²) in [5.74, 6) is 5.74. The fourth-order valence-electron chi connectivity index (χ4n) is 2.86. The van der Waals surface area contributed by atoms with Crippen molar-refractivity contribution in [3.05, 3.63) is 34.9 Å². The molecule has 1 aromatic carbocycles. The van der Waals surface area contributed by atoms with Gasteiger partial charge in [-0.25, -0.2) is 0 Å². The first kappa shape index (κ1) is 17.2. The SMILES string of the molecule is CCCCCCCCCC(NN)c1cc(C)cc(C)c1. The molecule has 1 aromatic rings. The van der Waals surface area contributed by atoms with Crippen LogP contribution in [0.3, 0.4) is 0 Å². The highest BCUT2D eigenvalue weighted by Gasteiger charge is 2.10. The van der Waals surface area contributed by atoms with Gasteiger partial charge >= 0.3 is 0 Å². The number of nitrogens with one attached hydrogen (secondary N) is 1. The zero-order valence-electron chi connectivity index (χ0n) is 13.5. The molecule has 0 radical (unpaired) electrons. The van der Waals surface area contributed by atoms with Gasteiger partial charge in [0.1, 0.15) is 0 Å². The van der Waals surface area contributed by atoms with Gasteiger partial charge in [0.2, 0.25) is 0 Å². The van der Waals surface area contributed by atoms with Gasteiger partial charge in [-0.05, 0) is 25.8 Å². The summed E-state index contributed by atoms with van der Waals surface area (Å²) in [7, 11) is 0. The first-order chi connectivity index (χ1) is 9.67. The smallest absolute Gasteiger partial charge is 0.0460 e. The second kappa shape index (κ2) is 9.95. The van der Waals surface area contributed by atoms with Crippen LogP contribution in [0, 0.1) is 13.8 Å². The summed E-state index contributed by atoms with van der Waals surface area (Å²) >= 11 is 0. The molecule has 0 aromatic heterocycles. The third-order valence-corrected chi connectivity index (χ3v) is 3.94. The molecule has 1 rings (SSSR count). The maximum absolute atomic E-state index is 5.74. The van der Waals surface area contributed by atoms with Crippen molar-refractivity contribution < 1.29 is 0 Å². The summed E-state index contributed by atoms with van der Waals surface area (Å²) in [6.45, 7) is 6.57. The average Bonchev–Trinajstić information content (AvgIpc) is 2.41. The normalized spacial score (nSPS) is 12.6. The van der Waals surface area contributed by atoms with Crippen LogP contribution in [0.2, 0.25) is 0 Å². The Morgan fingerprint density at radius 2 is 1.45 bits per heavy atom. The average molecular weight is 276 g/mol. The lowest BCUT2D eigenvalue weighted by atomic mass is 9.97. The summed E-state index contributed by atoms with van der Waals surface area (Å²) in [6, 6.07) is 7.01. The molecule has 114 valence electrons. The zero-order chi connectivity index (χ0) is 14.8. The van der Waals surface area contributed by atoms with Crippen molar-refractivity contribution in [1.82, 2.24) is 5.43 Å². The molecule has 0 aliphatic heterocycles. The fourth-order valence-corrected chi connectivity index (χ4v) is 2.86. The van der Waals surface area contributed by atoms with Crippen LogP contribution < -0.4 is 11.3 Å². The number of nitrogens with two attached hydrogens (primary N) is 1. The monoisotopic (exact) mass is 276 g/mol. The van der Waals surface area contributed by atoms with Crippen LogP contribution in [-0.2, 0) is 0 Å². The van der Waals surface area contributed by atoms with Gasteiger partial charge in [-0.3, -0.25) is 11.3 Å². The van der Waals surface area contributed by atoms with Crippen molar-refractivity contribution in [3.8, 4) is 0 Å². The van der Waals surface area contributed by atoms with Crippen molar-refractivity contribution in [2.75, 3.05) is 0 Å². The molecule has 1 atom stereocenters. The second-order valence-electron chi connectivity index (χ2n) is 6.05. The van der Waals surface area contributed by atoms with E-state index in [1.54, 1.807) is 0 Å².